The van der Waals surface area contributed by atoms with Gasteiger partial charge in [0.15, 0.2) is 0 Å². The third kappa shape index (κ3) is 2.48. The minimum atomic E-state index is -0.399. The maximum atomic E-state index is 13.8. The summed E-state index contributed by atoms with van der Waals surface area (Å²) in [4.78, 5) is 0. The largest absolute Gasteiger partial charge is 0.207 e. The molecule has 0 radical (unpaired) electrons. The fourth-order valence-electron chi connectivity index (χ4n) is 1.62. The fourth-order valence-corrected chi connectivity index (χ4v) is 1.62. The van der Waals surface area contributed by atoms with Gasteiger partial charge >= 0.3 is 0 Å². The zero-order chi connectivity index (χ0) is 12.3. The van der Waals surface area contributed by atoms with Crippen molar-refractivity contribution in [1.82, 2.24) is 0 Å². The van der Waals surface area contributed by atoms with Crippen LogP contribution in [-0.4, -0.2) is 0 Å². The highest BCUT2D eigenvalue weighted by Crippen LogP contribution is 2.23. The zero-order valence-electron chi connectivity index (χ0n) is 8.95. The summed E-state index contributed by atoms with van der Waals surface area (Å²) in [6, 6.07) is 12.2. The van der Waals surface area contributed by atoms with E-state index in [9.17, 15) is 8.78 Å². The minimum Gasteiger partial charge on any atom is -0.207 e. The first-order chi connectivity index (χ1) is 8.20. The van der Waals surface area contributed by atoms with Crippen molar-refractivity contribution < 1.29 is 8.78 Å². The quantitative estimate of drug-likeness (QED) is 0.770. The van der Waals surface area contributed by atoms with Crippen molar-refractivity contribution in [3.63, 3.8) is 0 Å². The van der Waals surface area contributed by atoms with Gasteiger partial charge in [-0.15, -0.1) is 0 Å². The highest BCUT2D eigenvalue weighted by molar-refractivity contribution is 5.64. The second-order valence-corrected chi connectivity index (χ2v) is 3.66. The van der Waals surface area contributed by atoms with Crippen molar-refractivity contribution >= 4 is 0 Å². The fraction of sp³-hybridized carbons (Fsp3) is 0.0714. The van der Waals surface area contributed by atoms with Gasteiger partial charge < -0.3 is 0 Å². The van der Waals surface area contributed by atoms with E-state index in [1.54, 1.807) is 12.1 Å². The Labute approximate surface area is 97.9 Å². The van der Waals surface area contributed by atoms with Crippen molar-refractivity contribution in [1.29, 1.82) is 5.26 Å². The molecule has 0 aliphatic heterocycles. The van der Waals surface area contributed by atoms with Gasteiger partial charge in [0.1, 0.15) is 11.6 Å². The van der Waals surface area contributed by atoms with E-state index in [0.717, 1.165) is 0 Å². The van der Waals surface area contributed by atoms with E-state index in [2.05, 4.69) is 0 Å². The molecule has 0 aliphatic carbocycles. The molecule has 0 N–H and O–H groups in total. The number of rotatable bonds is 2. The predicted octanol–water partition coefficient (Wildman–Crippen LogP) is 3.70. The Hall–Kier alpha value is -2.21. The van der Waals surface area contributed by atoms with E-state index in [1.807, 2.05) is 6.07 Å². The lowest BCUT2D eigenvalue weighted by Gasteiger charge is -2.04. The summed E-state index contributed by atoms with van der Waals surface area (Å²) in [7, 11) is 0. The van der Waals surface area contributed by atoms with Crippen LogP contribution in [0.5, 0.6) is 0 Å². The molecule has 0 bridgehead atoms. The number of halogens is 2. The molecule has 3 heteroatoms. The molecule has 1 nitrogen and oxygen atoms in total. The van der Waals surface area contributed by atoms with Crippen LogP contribution in [-0.2, 0) is 6.42 Å². The summed E-state index contributed by atoms with van der Waals surface area (Å²) in [6.45, 7) is 0. The van der Waals surface area contributed by atoms with Gasteiger partial charge in [-0.05, 0) is 29.3 Å². The normalized spacial score (nSPS) is 9.94. The molecule has 0 amide bonds. The molecule has 0 unspecified atom stereocenters. The Morgan fingerprint density at radius 1 is 1.00 bits per heavy atom. The number of nitrogens with zero attached hydrogens (tertiary/aromatic N) is 1. The SMILES string of the molecule is N#CCc1ccc(-c2ccc(F)cc2)c(F)c1. The van der Waals surface area contributed by atoms with Gasteiger partial charge in [0, 0.05) is 5.56 Å². The van der Waals surface area contributed by atoms with Crippen molar-refractivity contribution in [3.05, 3.63) is 59.7 Å². The lowest BCUT2D eigenvalue weighted by molar-refractivity contribution is 0.625. The molecule has 2 rings (SSSR count). The van der Waals surface area contributed by atoms with E-state index in [-0.39, 0.29) is 12.2 Å². The Balaban J connectivity index is 2.40. The van der Waals surface area contributed by atoms with Gasteiger partial charge in [-0.2, -0.15) is 5.26 Å². The molecule has 17 heavy (non-hydrogen) atoms. The smallest absolute Gasteiger partial charge is 0.131 e. The summed E-state index contributed by atoms with van der Waals surface area (Å²) in [6.07, 6.45) is 0.181. The van der Waals surface area contributed by atoms with Gasteiger partial charge in [0.2, 0.25) is 0 Å². The summed E-state index contributed by atoms with van der Waals surface area (Å²) >= 11 is 0. The van der Waals surface area contributed by atoms with E-state index in [4.69, 9.17) is 5.26 Å². The molecule has 0 heterocycles. The third-order valence-corrected chi connectivity index (χ3v) is 2.47. The number of nitriles is 1. The Bertz CT molecular complexity index is 568. The minimum absolute atomic E-state index is 0.181. The highest BCUT2D eigenvalue weighted by Gasteiger charge is 2.06. The molecular formula is C14H9F2N. The standard InChI is InChI=1S/C14H9F2N/c15-12-4-2-11(3-5-12)13-6-1-10(7-8-17)9-14(13)16/h1-6,9H,7H2. The van der Waals surface area contributed by atoms with Crippen molar-refractivity contribution in [3.8, 4) is 17.2 Å². The number of benzene rings is 2. The van der Waals surface area contributed by atoms with Gasteiger partial charge in [-0.3, -0.25) is 0 Å². The van der Waals surface area contributed by atoms with Crippen LogP contribution in [0.4, 0.5) is 8.78 Å². The Morgan fingerprint density at radius 3 is 2.29 bits per heavy atom. The van der Waals surface area contributed by atoms with Gasteiger partial charge in [-0.1, -0.05) is 24.3 Å². The Kier molecular flexibility index (Phi) is 3.15. The zero-order valence-corrected chi connectivity index (χ0v) is 8.95. The van der Waals surface area contributed by atoms with Crippen molar-refractivity contribution in [2.75, 3.05) is 0 Å². The molecule has 2 aromatic carbocycles. The first kappa shape index (κ1) is 11.3. The molecule has 0 saturated carbocycles. The summed E-state index contributed by atoms with van der Waals surface area (Å²) < 4.78 is 26.5. The highest BCUT2D eigenvalue weighted by atomic mass is 19.1. The van der Waals surface area contributed by atoms with Crippen molar-refractivity contribution in [2.24, 2.45) is 0 Å². The lowest BCUT2D eigenvalue weighted by atomic mass is 10.0. The van der Waals surface area contributed by atoms with E-state index in [0.29, 0.717) is 16.7 Å². The maximum Gasteiger partial charge on any atom is 0.131 e. The van der Waals surface area contributed by atoms with Gasteiger partial charge in [0.05, 0.1) is 12.5 Å². The van der Waals surface area contributed by atoms with Crippen LogP contribution in [0.1, 0.15) is 5.56 Å². The molecule has 0 atom stereocenters. The van der Waals surface area contributed by atoms with Crippen molar-refractivity contribution in [2.45, 2.75) is 6.42 Å². The average molecular weight is 229 g/mol. The van der Waals surface area contributed by atoms with Crippen LogP contribution in [0.15, 0.2) is 42.5 Å². The monoisotopic (exact) mass is 229 g/mol. The summed E-state index contributed by atoms with van der Waals surface area (Å²) in [5.74, 6) is -0.750. The van der Waals surface area contributed by atoms with E-state index < -0.39 is 5.82 Å². The van der Waals surface area contributed by atoms with Crippen LogP contribution in [0, 0.1) is 23.0 Å². The second kappa shape index (κ2) is 4.75. The van der Waals surface area contributed by atoms with Crippen LogP contribution in [0.25, 0.3) is 11.1 Å². The molecule has 2 aromatic rings. The number of hydrogen-bond donors (Lipinski definition) is 0. The molecule has 0 saturated heterocycles. The van der Waals surface area contributed by atoms with E-state index in [1.165, 1.54) is 30.3 Å². The third-order valence-electron chi connectivity index (χ3n) is 2.47. The molecule has 0 spiro atoms. The average Bonchev–Trinajstić information content (AvgIpc) is 2.31. The maximum absolute atomic E-state index is 13.8. The van der Waals surface area contributed by atoms with Crippen LogP contribution in [0.3, 0.4) is 0 Å². The van der Waals surface area contributed by atoms with Gasteiger partial charge in [0.25, 0.3) is 0 Å². The van der Waals surface area contributed by atoms with Crippen LogP contribution in [0.2, 0.25) is 0 Å². The Morgan fingerprint density at radius 2 is 1.71 bits per heavy atom. The van der Waals surface area contributed by atoms with Gasteiger partial charge in [-0.25, -0.2) is 8.78 Å². The molecule has 0 fully saturated rings. The van der Waals surface area contributed by atoms with E-state index >= 15 is 0 Å². The molecule has 0 aliphatic rings. The lowest BCUT2D eigenvalue weighted by Crippen LogP contribution is -1.88. The summed E-state index contributed by atoms with van der Waals surface area (Å²) in [5, 5.41) is 8.51. The second-order valence-electron chi connectivity index (χ2n) is 3.66. The molecule has 0 aromatic heterocycles. The molecular weight excluding hydrogens is 220 g/mol. The predicted molar refractivity (Wildman–Crippen MR) is 61.1 cm³/mol. The van der Waals surface area contributed by atoms with Crippen LogP contribution >= 0.6 is 0 Å². The first-order valence-corrected chi connectivity index (χ1v) is 5.12. The summed E-state index contributed by atoms with van der Waals surface area (Å²) in [5.41, 5.74) is 1.66. The van der Waals surface area contributed by atoms with Crippen LogP contribution < -0.4 is 0 Å². The molecule has 84 valence electrons. The number of hydrogen-bond acceptors (Lipinski definition) is 1. The first-order valence-electron chi connectivity index (χ1n) is 5.12. The topological polar surface area (TPSA) is 23.8 Å².